The molecule has 2 aromatic carbocycles. The lowest BCUT2D eigenvalue weighted by Gasteiger charge is -2.23. The van der Waals surface area contributed by atoms with E-state index in [1.165, 1.54) is 22.4 Å². The quantitative estimate of drug-likeness (QED) is 0.759. The minimum absolute atomic E-state index is 0. The van der Waals surface area contributed by atoms with Crippen LogP contribution in [0.4, 0.5) is 5.69 Å². The SMILES string of the molecule is Br.Cc1cc(C)c(S)c(N2C=CN(Cc3ccccc3)C2)c1. The molecule has 0 spiro atoms. The van der Waals surface area contributed by atoms with E-state index in [-0.39, 0.29) is 17.0 Å². The summed E-state index contributed by atoms with van der Waals surface area (Å²) in [5.74, 6) is 0. The number of hydrogen-bond donors (Lipinski definition) is 1. The van der Waals surface area contributed by atoms with Crippen molar-refractivity contribution < 1.29 is 0 Å². The Morgan fingerprint density at radius 1 is 1.05 bits per heavy atom. The van der Waals surface area contributed by atoms with Crippen LogP contribution in [0, 0.1) is 13.8 Å². The van der Waals surface area contributed by atoms with Crippen molar-refractivity contribution in [3.8, 4) is 0 Å². The summed E-state index contributed by atoms with van der Waals surface area (Å²) in [5, 5.41) is 0. The van der Waals surface area contributed by atoms with Crippen LogP contribution in [-0.4, -0.2) is 11.6 Å². The molecule has 2 nitrogen and oxygen atoms in total. The van der Waals surface area contributed by atoms with Gasteiger partial charge in [-0.15, -0.1) is 29.6 Å². The Kier molecular flexibility index (Phi) is 5.59. The molecule has 0 saturated carbocycles. The van der Waals surface area contributed by atoms with Crippen molar-refractivity contribution in [2.24, 2.45) is 0 Å². The largest absolute Gasteiger partial charge is 0.354 e. The van der Waals surface area contributed by atoms with Gasteiger partial charge in [0, 0.05) is 23.8 Å². The van der Waals surface area contributed by atoms with Crippen LogP contribution in [0.2, 0.25) is 0 Å². The highest BCUT2D eigenvalue weighted by molar-refractivity contribution is 8.93. The average molecular weight is 377 g/mol. The molecule has 4 heteroatoms. The van der Waals surface area contributed by atoms with Crippen molar-refractivity contribution in [1.82, 2.24) is 4.90 Å². The predicted molar refractivity (Wildman–Crippen MR) is 102 cm³/mol. The Morgan fingerprint density at radius 2 is 1.77 bits per heavy atom. The van der Waals surface area contributed by atoms with E-state index in [4.69, 9.17) is 0 Å². The number of anilines is 1. The molecule has 1 aliphatic rings. The Morgan fingerprint density at radius 3 is 2.50 bits per heavy atom. The molecule has 1 aliphatic heterocycles. The van der Waals surface area contributed by atoms with Crippen LogP contribution in [0.1, 0.15) is 16.7 Å². The molecule has 0 amide bonds. The Bertz CT molecular complexity index is 670. The third-order valence-electron chi connectivity index (χ3n) is 3.75. The van der Waals surface area contributed by atoms with E-state index in [0.29, 0.717) is 0 Å². The average Bonchev–Trinajstić information content (AvgIpc) is 2.92. The minimum Gasteiger partial charge on any atom is -0.354 e. The first-order valence-electron chi connectivity index (χ1n) is 7.16. The summed E-state index contributed by atoms with van der Waals surface area (Å²) in [6, 6.07) is 14.9. The second-order valence-electron chi connectivity index (χ2n) is 5.59. The zero-order chi connectivity index (χ0) is 14.8. The van der Waals surface area contributed by atoms with Gasteiger partial charge in [-0.25, -0.2) is 0 Å². The minimum atomic E-state index is 0. The van der Waals surface area contributed by atoms with Gasteiger partial charge < -0.3 is 9.80 Å². The second-order valence-corrected chi connectivity index (χ2v) is 6.04. The van der Waals surface area contributed by atoms with E-state index in [9.17, 15) is 0 Å². The number of nitrogens with zero attached hydrogens (tertiary/aromatic N) is 2. The molecule has 22 heavy (non-hydrogen) atoms. The maximum atomic E-state index is 4.67. The molecular weight excluding hydrogens is 356 g/mol. The number of aryl methyl sites for hydroxylation is 2. The van der Waals surface area contributed by atoms with Crippen molar-refractivity contribution in [1.29, 1.82) is 0 Å². The van der Waals surface area contributed by atoms with Gasteiger partial charge in [0.2, 0.25) is 0 Å². The number of benzene rings is 2. The third-order valence-corrected chi connectivity index (χ3v) is 4.34. The first-order valence-corrected chi connectivity index (χ1v) is 7.61. The predicted octanol–water partition coefficient (Wildman–Crippen LogP) is 4.92. The van der Waals surface area contributed by atoms with Gasteiger partial charge >= 0.3 is 0 Å². The van der Waals surface area contributed by atoms with Crippen LogP contribution in [0.5, 0.6) is 0 Å². The topological polar surface area (TPSA) is 6.48 Å². The molecule has 0 fully saturated rings. The molecular formula is C18H21BrN2S. The van der Waals surface area contributed by atoms with Crippen LogP contribution < -0.4 is 4.90 Å². The smallest absolute Gasteiger partial charge is 0.0945 e. The van der Waals surface area contributed by atoms with Gasteiger partial charge in [0.1, 0.15) is 0 Å². The van der Waals surface area contributed by atoms with Gasteiger partial charge in [-0.2, -0.15) is 0 Å². The molecule has 3 rings (SSSR count). The van der Waals surface area contributed by atoms with Gasteiger partial charge in [-0.1, -0.05) is 36.4 Å². The lowest BCUT2D eigenvalue weighted by molar-refractivity contribution is 0.400. The highest BCUT2D eigenvalue weighted by Crippen LogP contribution is 2.31. The standard InChI is InChI=1S/C18H20N2S.BrH/c1-14-10-15(2)18(21)17(11-14)20-9-8-19(13-20)12-16-6-4-3-5-7-16;/h3-11,21H,12-13H2,1-2H3;1H. The van der Waals surface area contributed by atoms with E-state index in [2.05, 4.69) is 91.1 Å². The van der Waals surface area contributed by atoms with Crippen molar-refractivity contribution in [2.75, 3.05) is 11.6 Å². The van der Waals surface area contributed by atoms with Crippen LogP contribution in [0.15, 0.2) is 59.8 Å². The highest BCUT2D eigenvalue weighted by Gasteiger charge is 2.17. The fourth-order valence-electron chi connectivity index (χ4n) is 2.70. The van der Waals surface area contributed by atoms with Crippen molar-refractivity contribution in [2.45, 2.75) is 25.3 Å². The molecule has 1 heterocycles. The van der Waals surface area contributed by atoms with Gasteiger partial charge in [0.25, 0.3) is 0 Å². The molecule has 2 aromatic rings. The van der Waals surface area contributed by atoms with Crippen molar-refractivity contribution in [3.05, 3.63) is 71.6 Å². The molecule has 0 aliphatic carbocycles. The number of halogens is 1. The lowest BCUT2D eigenvalue weighted by Crippen LogP contribution is -2.25. The van der Waals surface area contributed by atoms with Crippen molar-refractivity contribution >= 4 is 35.3 Å². The van der Waals surface area contributed by atoms with E-state index < -0.39 is 0 Å². The van der Waals surface area contributed by atoms with Gasteiger partial charge in [0.15, 0.2) is 0 Å². The normalized spacial score (nSPS) is 13.4. The Labute approximate surface area is 148 Å². The summed E-state index contributed by atoms with van der Waals surface area (Å²) in [4.78, 5) is 5.62. The van der Waals surface area contributed by atoms with Crippen LogP contribution in [-0.2, 0) is 6.54 Å². The number of rotatable bonds is 3. The summed E-state index contributed by atoms with van der Waals surface area (Å²) < 4.78 is 0. The molecule has 0 N–H and O–H groups in total. The zero-order valence-electron chi connectivity index (χ0n) is 12.9. The van der Waals surface area contributed by atoms with Gasteiger partial charge in [-0.05, 0) is 36.6 Å². The highest BCUT2D eigenvalue weighted by atomic mass is 79.9. The molecule has 116 valence electrons. The van der Waals surface area contributed by atoms with Gasteiger partial charge in [-0.3, -0.25) is 0 Å². The molecule has 0 bridgehead atoms. The summed E-state index contributed by atoms with van der Waals surface area (Å²) in [6.07, 6.45) is 4.29. The first-order chi connectivity index (χ1) is 10.1. The fraction of sp³-hybridized carbons (Fsp3) is 0.222. The van der Waals surface area contributed by atoms with E-state index in [0.717, 1.165) is 18.1 Å². The van der Waals surface area contributed by atoms with Gasteiger partial charge in [0.05, 0.1) is 12.4 Å². The molecule has 0 atom stereocenters. The third kappa shape index (κ3) is 3.68. The summed E-state index contributed by atoms with van der Waals surface area (Å²) in [5.41, 5.74) is 5.01. The van der Waals surface area contributed by atoms with E-state index in [1.807, 2.05) is 0 Å². The summed E-state index contributed by atoms with van der Waals surface area (Å²) >= 11 is 4.67. The number of thiol groups is 1. The second kappa shape index (κ2) is 7.25. The van der Waals surface area contributed by atoms with Crippen LogP contribution in [0.25, 0.3) is 0 Å². The molecule has 0 radical (unpaired) electrons. The molecule has 0 saturated heterocycles. The lowest BCUT2D eigenvalue weighted by atomic mass is 10.1. The van der Waals surface area contributed by atoms with E-state index in [1.54, 1.807) is 0 Å². The van der Waals surface area contributed by atoms with Crippen LogP contribution in [0.3, 0.4) is 0 Å². The Balaban J connectivity index is 0.00000176. The maximum Gasteiger partial charge on any atom is 0.0945 e. The summed E-state index contributed by atoms with van der Waals surface area (Å²) in [6.45, 7) is 6.04. The first kappa shape index (κ1) is 17.0. The zero-order valence-corrected chi connectivity index (χ0v) is 15.5. The maximum absolute atomic E-state index is 4.67. The number of hydrogen-bond acceptors (Lipinski definition) is 3. The summed E-state index contributed by atoms with van der Waals surface area (Å²) in [7, 11) is 0. The monoisotopic (exact) mass is 376 g/mol. The molecule has 0 unspecified atom stereocenters. The Hall–Kier alpha value is -1.39. The van der Waals surface area contributed by atoms with Crippen LogP contribution >= 0.6 is 29.6 Å². The van der Waals surface area contributed by atoms with E-state index >= 15 is 0 Å². The molecule has 0 aromatic heterocycles. The van der Waals surface area contributed by atoms with Crippen molar-refractivity contribution in [3.63, 3.8) is 0 Å². The fourth-order valence-corrected chi connectivity index (χ4v) is 2.96.